The van der Waals surface area contributed by atoms with Crippen molar-refractivity contribution in [1.29, 1.82) is 0 Å². The molecule has 1 amide bonds. The Bertz CT molecular complexity index is 1120. The Balaban J connectivity index is 1.72. The molecule has 0 spiro atoms. The van der Waals surface area contributed by atoms with Crippen molar-refractivity contribution in [2.45, 2.75) is 12.5 Å². The van der Waals surface area contributed by atoms with E-state index in [9.17, 15) is 13.2 Å². The van der Waals surface area contributed by atoms with Gasteiger partial charge in [-0.1, -0.05) is 17.7 Å². The van der Waals surface area contributed by atoms with E-state index in [1.807, 2.05) is 6.07 Å². The lowest BCUT2D eigenvalue weighted by atomic mass is 10.2. The number of nitrogens with zero attached hydrogens (tertiary/aromatic N) is 3. The van der Waals surface area contributed by atoms with E-state index in [2.05, 4.69) is 5.10 Å². The fourth-order valence-corrected chi connectivity index (χ4v) is 5.28. The second-order valence-corrected chi connectivity index (χ2v) is 9.42. The number of furan rings is 1. The van der Waals surface area contributed by atoms with Gasteiger partial charge in [0.05, 0.1) is 23.5 Å². The molecule has 146 valence electrons. The van der Waals surface area contributed by atoms with E-state index < -0.39 is 9.84 Å². The van der Waals surface area contributed by atoms with Crippen molar-refractivity contribution >= 4 is 27.3 Å². The van der Waals surface area contributed by atoms with E-state index >= 15 is 0 Å². The summed E-state index contributed by atoms with van der Waals surface area (Å²) in [6.45, 7) is 0. The van der Waals surface area contributed by atoms with Crippen molar-refractivity contribution in [2.24, 2.45) is 0 Å². The Morgan fingerprint density at radius 3 is 2.75 bits per heavy atom. The highest BCUT2D eigenvalue weighted by Crippen LogP contribution is 2.27. The molecule has 4 rings (SSSR count). The number of aromatic nitrogens is 2. The molecule has 3 aromatic rings. The van der Waals surface area contributed by atoms with Crippen LogP contribution in [0.1, 0.15) is 16.9 Å². The number of sulfone groups is 1. The van der Waals surface area contributed by atoms with E-state index in [4.69, 9.17) is 16.0 Å². The maximum absolute atomic E-state index is 13.0. The minimum absolute atomic E-state index is 0.0186. The Morgan fingerprint density at radius 1 is 1.29 bits per heavy atom. The molecule has 7 nitrogen and oxygen atoms in total. The predicted octanol–water partition coefficient (Wildman–Crippen LogP) is 3.04. The van der Waals surface area contributed by atoms with Crippen LogP contribution in [0.25, 0.3) is 17.1 Å². The first-order chi connectivity index (χ1) is 13.3. The van der Waals surface area contributed by atoms with Crippen molar-refractivity contribution in [3.8, 4) is 17.1 Å². The molecule has 1 aliphatic heterocycles. The summed E-state index contributed by atoms with van der Waals surface area (Å²) in [4.78, 5) is 14.4. The van der Waals surface area contributed by atoms with Gasteiger partial charge in [0.15, 0.2) is 21.3 Å². The zero-order chi connectivity index (χ0) is 19.9. The monoisotopic (exact) mass is 419 g/mol. The molecule has 28 heavy (non-hydrogen) atoms. The van der Waals surface area contributed by atoms with E-state index in [0.29, 0.717) is 28.6 Å². The maximum Gasteiger partial charge on any atom is 0.274 e. The van der Waals surface area contributed by atoms with Crippen LogP contribution < -0.4 is 0 Å². The van der Waals surface area contributed by atoms with Gasteiger partial charge in [0.1, 0.15) is 5.69 Å². The molecular formula is C19H18ClN3O4S. The van der Waals surface area contributed by atoms with Crippen molar-refractivity contribution < 1.29 is 17.6 Å². The van der Waals surface area contributed by atoms with E-state index in [1.54, 1.807) is 54.4 Å². The van der Waals surface area contributed by atoms with Gasteiger partial charge in [0.25, 0.3) is 5.91 Å². The SMILES string of the molecule is CN(C(=O)c1cc(-c2ccco2)n(-c2cccc(Cl)c2)n1)[C@H]1CCS(=O)(=O)C1. The van der Waals surface area contributed by atoms with Crippen LogP contribution in [0.5, 0.6) is 0 Å². The van der Waals surface area contributed by atoms with E-state index in [0.717, 1.165) is 0 Å². The molecule has 0 unspecified atom stereocenters. The molecule has 2 aromatic heterocycles. The van der Waals surface area contributed by atoms with Crippen LogP contribution in [0.15, 0.2) is 53.1 Å². The Labute approximate surface area is 167 Å². The number of hydrogen-bond donors (Lipinski definition) is 0. The number of rotatable bonds is 4. The summed E-state index contributed by atoms with van der Waals surface area (Å²) in [5, 5.41) is 5.00. The zero-order valence-corrected chi connectivity index (χ0v) is 16.7. The minimum Gasteiger partial charge on any atom is -0.463 e. The molecule has 3 heterocycles. The topological polar surface area (TPSA) is 85.4 Å². The van der Waals surface area contributed by atoms with Crippen LogP contribution in [0.4, 0.5) is 0 Å². The highest BCUT2D eigenvalue weighted by molar-refractivity contribution is 7.91. The molecule has 1 saturated heterocycles. The molecule has 0 aliphatic carbocycles. The van der Waals surface area contributed by atoms with Crippen LogP contribution >= 0.6 is 11.6 Å². The van der Waals surface area contributed by atoms with E-state index in [-0.39, 0.29) is 29.1 Å². The second-order valence-electron chi connectivity index (χ2n) is 6.76. The van der Waals surface area contributed by atoms with Gasteiger partial charge in [-0.3, -0.25) is 4.79 Å². The number of hydrogen-bond acceptors (Lipinski definition) is 5. The Morgan fingerprint density at radius 2 is 2.11 bits per heavy atom. The van der Waals surface area contributed by atoms with Gasteiger partial charge in [-0.05, 0) is 36.8 Å². The smallest absolute Gasteiger partial charge is 0.274 e. The third kappa shape index (κ3) is 3.57. The molecule has 1 aromatic carbocycles. The summed E-state index contributed by atoms with van der Waals surface area (Å²) in [7, 11) is -1.48. The average molecular weight is 420 g/mol. The van der Waals surface area contributed by atoms with Gasteiger partial charge in [0.2, 0.25) is 0 Å². The zero-order valence-electron chi connectivity index (χ0n) is 15.1. The molecule has 1 fully saturated rings. The largest absolute Gasteiger partial charge is 0.463 e. The first-order valence-electron chi connectivity index (χ1n) is 8.71. The van der Waals surface area contributed by atoms with Crippen molar-refractivity contribution in [3.05, 3.63) is 59.4 Å². The number of carbonyl (C=O) groups is 1. The normalized spacial score (nSPS) is 18.3. The highest BCUT2D eigenvalue weighted by Gasteiger charge is 2.34. The molecule has 0 radical (unpaired) electrons. The summed E-state index contributed by atoms with van der Waals surface area (Å²) in [6.07, 6.45) is 1.98. The fraction of sp³-hybridized carbons (Fsp3) is 0.263. The number of carbonyl (C=O) groups excluding carboxylic acids is 1. The first kappa shape index (κ1) is 18.8. The van der Waals surface area contributed by atoms with Gasteiger partial charge < -0.3 is 9.32 Å². The van der Waals surface area contributed by atoms with Crippen LogP contribution in [0, 0.1) is 0 Å². The summed E-state index contributed by atoms with van der Waals surface area (Å²) in [6, 6.07) is 11.9. The average Bonchev–Trinajstić information content (AvgIpc) is 3.39. The van der Waals surface area contributed by atoms with Gasteiger partial charge >= 0.3 is 0 Å². The summed E-state index contributed by atoms with van der Waals surface area (Å²) >= 11 is 6.11. The quantitative estimate of drug-likeness (QED) is 0.648. The van der Waals surface area contributed by atoms with Crippen LogP contribution in [0.2, 0.25) is 5.02 Å². The summed E-state index contributed by atoms with van der Waals surface area (Å²) in [5.41, 5.74) is 1.49. The van der Waals surface area contributed by atoms with Gasteiger partial charge in [-0.25, -0.2) is 13.1 Å². The standard InChI is InChI=1S/C19H18ClN3O4S/c1-22(15-7-9-28(25,26)12-15)19(24)16-11-17(18-6-3-8-27-18)23(21-16)14-5-2-4-13(20)10-14/h2-6,8,10-11,15H,7,9,12H2,1H3/t15-/m0/s1. The number of halogens is 1. The first-order valence-corrected chi connectivity index (χ1v) is 10.9. The molecule has 9 heteroatoms. The lowest BCUT2D eigenvalue weighted by molar-refractivity contribution is 0.0741. The third-order valence-corrected chi connectivity index (χ3v) is 6.82. The maximum atomic E-state index is 13.0. The molecule has 0 bridgehead atoms. The fourth-order valence-electron chi connectivity index (χ4n) is 3.32. The molecular weight excluding hydrogens is 402 g/mol. The summed E-state index contributed by atoms with van der Waals surface area (Å²) in [5.74, 6) is 0.299. The van der Waals surface area contributed by atoms with Crippen LogP contribution in [0.3, 0.4) is 0 Å². The molecule has 0 N–H and O–H groups in total. The van der Waals surface area contributed by atoms with Gasteiger partial charge in [-0.2, -0.15) is 5.10 Å². The van der Waals surface area contributed by atoms with Crippen molar-refractivity contribution in [1.82, 2.24) is 14.7 Å². The number of amides is 1. The van der Waals surface area contributed by atoms with E-state index in [1.165, 1.54) is 4.90 Å². The van der Waals surface area contributed by atoms with Crippen LogP contribution in [-0.2, 0) is 9.84 Å². The molecule has 0 saturated carbocycles. The third-order valence-electron chi connectivity index (χ3n) is 4.83. The lowest BCUT2D eigenvalue weighted by Gasteiger charge is -2.22. The second kappa shape index (κ2) is 7.10. The Hall–Kier alpha value is -2.58. The van der Waals surface area contributed by atoms with Crippen LogP contribution in [-0.4, -0.2) is 53.6 Å². The summed E-state index contributed by atoms with van der Waals surface area (Å²) < 4.78 is 30.6. The van der Waals surface area contributed by atoms with Crippen molar-refractivity contribution in [2.75, 3.05) is 18.6 Å². The lowest BCUT2D eigenvalue weighted by Crippen LogP contribution is -2.38. The number of benzene rings is 1. The molecule has 1 aliphatic rings. The Kier molecular flexibility index (Phi) is 4.76. The van der Waals surface area contributed by atoms with Gasteiger partial charge in [0, 0.05) is 24.2 Å². The highest BCUT2D eigenvalue weighted by atomic mass is 35.5. The predicted molar refractivity (Wildman–Crippen MR) is 105 cm³/mol. The minimum atomic E-state index is -3.09. The van der Waals surface area contributed by atoms with Gasteiger partial charge in [-0.15, -0.1) is 0 Å². The molecule has 1 atom stereocenters. The van der Waals surface area contributed by atoms with Crippen molar-refractivity contribution in [3.63, 3.8) is 0 Å².